The summed E-state index contributed by atoms with van der Waals surface area (Å²) in [6, 6.07) is 2.52. The van der Waals surface area contributed by atoms with Crippen LogP contribution < -0.4 is 5.32 Å². The van der Waals surface area contributed by atoms with Crippen molar-refractivity contribution in [1.29, 1.82) is 5.26 Å². The van der Waals surface area contributed by atoms with E-state index < -0.39 is 0 Å². The zero-order valence-electron chi connectivity index (χ0n) is 5.88. The van der Waals surface area contributed by atoms with Crippen LogP contribution in [-0.4, -0.2) is 23.8 Å². The van der Waals surface area contributed by atoms with Crippen LogP contribution in [0.5, 0.6) is 0 Å². The molecule has 0 radical (unpaired) electrons. The van der Waals surface area contributed by atoms with Gasteiger partial charge in [-0.15, -0.1) is 0 Å². The van der Waals surface area contributed by atoms with Gasteiger partial charge in [-0.1, -0.05) is 0 Å². The van der Waals surface area contributed by atoms with Crippen molar-refractivity contribution < 1.29 is 5.11 Å². The lowest BCUT2D eigenvalue weighted by Gasteiger charge is -2.31. The van der Waals surface area contributed by atoms with Crippen LogP contribution in [0.4, 0.5) is 0 Å². The monoisotopic (exact) mass is 140 g/mol. The van der Waals surface area contributed by atoms with Crippen LogP contribution in [0, 0.1) is 11.3 Å². The summed E-state index contributed by atoms with van der Waals surface area (Å²) < 4.78 is 0. The average molecular weight is 140 g/mol. The minimum atomic E-state index is -0.0976. The second-order valence-corrected chi connectivity index (χ2v) is 2.68. The standard InChI is InChI=1S/C7H12N2O/c8-2-1-3-9-6-4-7(10)5-6/h6-7,9-10H,1,3-5H2. The highest BCUT2D eigenvalue weighted by Crippen LogP contribution is 2.18. The molecule has 1 aliphatic rings. The molecule has 1 rings (SSSR count). The van der Waals surface area contributed by atoms with Gasteiger partial charge >= 0.3 is 0 Å². The van der Waals surface area contributed by atoms with Crippen molar-refractivity contribution in [2.24, 2.45) is 0 Å². The summed E-state index contributed by atoms with van der Waals surface area (Å²) in [5.74, 6) is 0. The summed E-state index contributed by atoms with van der Waals surface area (Å²) >= 11 is 0. The van der Waals surface area contributed by atoms with Crippen molar-refractivity contribution >= 4 is 0 Å². The maximum atomic E-state index is 8.87. The zero-order valence-corrected chi connectivity index (χ0v) is 5.88. The number of nitrogens with one attached hydrogen (secondary N) is 1. The van der Waals surface area contributed by atoms with Gasteiger partial charge in [-0.05, 0) is 12.8 Å². The van der Waals surface area contributed by atoms with Gasteiger partial charge in [0.25, 0.3) is 0 Å². The Morgan fingerprint density at radius 2 is 2.30 bits per heavy atom. The molecule has 0 aromatic rings. The van der Waals surface area contributed by atoms with Gasteiger partial charge in [0.2, 0.25) is 0 Å². The van der Waals surface area contributed by atoms with E-state index in [4.69, 9.17) is 10.4 Å². The van der Waals surface area contributed by atoms with Crippen molar-refractivity contribution in [1.82, 2.24) is 5.32 Å². The topological polar surface area (TPSA) is 56.0 Å². The van der Waals surface area contributed by atoms with Gasteiger partial charge in [-0.3, -0.25) is 0 Å². The van der Waals surface area contributed by atoms with E-state index in [1.807, 2.05) is 0 Å². The highest BCUT2D eigenvalue weighted by Gasteiger charge is 2.25. The molecular weight excluding hydrogens is 128 g/mol. The smallest absolute Gasteiger partial charge is 0.0635 e. The van der Waals surface area contributed by atoms with E-state index in [0.717, 1.165) is 19.4 Å². The lowest BCUT2D eigenvalue weighted by Crippen LogP contribution is -2.44. The molecule has 2 N–H and O–H groups in total. The number of hydrogen-bond acceptors (Lipinski definition) is 3. The first-order chi connectivity index (χ1) is 4.83. The molecule has 3 nitrogen and oxygen atoms in total. The lowest BCUT2D eigenvalue weighted by molar-refractivity contribution is 0.0630. The first-order valence-electron chi connectivity index (χ1n) is 3.61. The lowest BCUT2D eigenvalue weighted by atomic mass is 9.89. The normalized spacial score (nSPS) is 30.8. The number of hydrogen-bond donors (Lipinski definition) is 2. The molecule has 1 fully saturated rings. The van der Waals surface area contributed by atoms with E-state index in [1.165, 1.54) is 0 Å². The molecule has 0 aromatic heterocycles. The second kappa shape index (κ2) is 3.55. The summed E-state index contributed by atoms with van der Waals surface area (Å²) in [6.45, 7) is 0.758. The molecule has 0 saturated heterocycles. The Labute approximate surface area is 60.7 Å². The van der Waals surface area contributed by atoms with Gasteiger partial charge in [-0.25, -0.2) is 0 Å². The van der Waals surface area contributed by atoms with Crippen molar-refractivity contribution in [2.75, 3.05) is 6.54 Å². The molecular formula is C7H12N2O. The molecule has 10 heavy (non-hydrogen) atoms. The number of aliphatic hydroxyl groups is 1. The summed E-state index contributed by atoms with van der Waals surface area (Å²) in [6.07, 6.45) is 2.17. The number of nitriles is 1. The molecule has 0 aromatic carbocycles. The number of rotatable bonds is 3. The first-order valence-corrected chi connectivity index (χ1v) is 3.61. The van der Waals surface area contributed by atoms with Crippen LogP contribution in [0.3, 0.4) is 0 Å². The van der Waals surface area contributed by atoms with Crippen LogP contribution in [0.1, 0.15) is 19.3 Å². The fourth-order valence-electron chi connectivity index (χ4n) is 1.09. The second-order valence-electron chi connectivity index (χ2n) is 2.68. The van der Waals surface area contributed by atoms with Gasteiger partial charge in [-0.2, -0.15) is 5.26 Å². The van der Waals surface area contributed by atoms with Crippen molar-refractivity contribution in [2.45, 2.75) is 31.4 Å². The van der Waals surface area contributed by atoms with Crippen LogP contribution in [0.25, 0.3) is 0 Å². The van der Waals surface area contributed by atoms with E-state index >= 15 is 0 Å². The average Bonchev–Trinajstić information content (AvgIpc) is 1.85. The number of nitrogens with zero attached hydrogens (tertiary/aromatic N) is 1. The molecule has 0 unspecified atom stereocenters. The van der Waals surface area contributed by atoms with E-state index in [0.29, 0.717) is 12.5 Å². The largest absolute Gasteiger partial charge is 0.393 e. The Balaban J connectivity index is 1.91. The SMILES string of the molecule is N#CCCNC1CC(O)C1. The first kappa shape index (κ1) is 7.52. The van der Waals surface area contributed by atoms with Gasteiger partial charge in [0.05, 0.1) is 12.2 Å². The third-order valence-corrected chi connectivity index (χ3v) is 1.78. The molecule has 56 valence electrons. The number of aliphatic hydroxyl groups excluding tert-OH is 1. The van der Waals surface area contributed by atoms with E-state index in [-0.39, 0.29) is 6.10 Å². The molecule has 0 heterocycles. The fourth-order valence-corrected chi connectivity index (χ4v) is 1.09. The fraction of sp³-hybridized carbons (Fsp3) is 0.857. The highest BCUT2D eigenvalue weighted by atomic mass is 16.3. The Morgan fingerprint density at radius 1 is 1.60 bits per heavy atom. The Hall–Kier alpha value is -0.590. The molecule has 0 aliphatic heterocycles. The third kappa shape index (κ3) is 1.98. The minimum Gasteiger partial charge on any atom is -0.393 e. The van der Waals surface area contributed by atoms with Crippen LogP contribution in [0.15, 0.2) is 0 Å². The van der Waals surface area contributed by atoms with Gasteiger partial charge in [0, 0.05) is 19.0 Å². The predicted molar refractivity (Wildman–Crippen MR) is 37.3 cm³/mol. The van der Waals surface area contributed by atoms with Crippen molar-refractivity contribution in [3.63, 3.8) is 0 Å². The summed E-state index contributed by atoms with van der Waals surface area (Å²) in [5, 5.41) is 20.2. The molecule has 0 spiro atoms. The molecule has 0 amide bonds. The van der Waals surface area contributed by atoms with Crippen LogP contribution >= 0.6 is 0 Å². The highest BCUT2D eigenvalue weighted by molar-refractivity contribution is 4.85. The maximum absolute atomic E-state index is 8.87. The van der Waals surface area contributed by atoms with Gasteiger partial charge in [0.1, 0.15) is 0 Å². The molecule has 1 aliphatic carbocycles. The summed E-state index contributed by atoms with van der Waals surface area (Å²) in [7, 11) is 0. The predicted octanol–water partition coefficient (Wildman–Crippen LogP) is 0.0130. The molecule has 0 atom stereocenters. The zero-order chi connectivity index (χ0) is 7.40. The van der Waals surface area contributed by atoms with Crippen LogP contribution in [0.2, 0.25) is 0 Å². The summed E-state index contributed by atoms with van der Waals surface area (Å²) in [4.78, 5) is 0. The van der Waals surface area contributed by atoms with Gasteiger partial charge < -0.3 is 10.4 Å². The van der Waals surface area contributed by atoms with E-state index in [9.17, 15) is 0 Å². The Bertz CT molecular complexity index is 135. The molecule has 1 saturated carbocycles. The third-order valence-electron chi connectivity index (χ3n) is 1.78. The maximum Gasteiger partial charge on any atom is 0.0635 e. The molecule has 3 heteroatoms. The van der Waals surface area contributed by atoms with Crippen molar-refractivity contribution in [3.05, 3.63) is 0 Å². The Morgan fingerprint density at radius 3 is 2.80 bits per heavy atom. The summed E-state index contributed by atoms with van der Waals surface area (Å²) in [5.41, 5.74) is 0. The van der Waals surface area contributed by atoms with Crippen LogP contribution in [-0.2, 0) is 0 Å². The Kier molecular flexibility index (Phi) is 2.67. The van der Waals surface area contributed by atoms with E-state index in [1.54, 1.807) is 0 Å². The molecule has 0 bridgehead atoms. The van der Waals surface area contributed by atoms with Gasteiger partial charge in [0.15, 0.2) is 0 Å². The quantitative estimate of drug-likeness (QED) is 0.543. The van der Waals surface area contributed by atoms with Crippen molar-refractivity contribution in [3.8, 4) is 6.07 Å². The van der Waals surface area contributed by atoms with E-state index in [2.05, 4.69) is 11.4 Å². The minimum absolute atomic E-state index is 0.0976.